The van der Waals surface area contributed by atoms with Crippen molar-refractivity contribution in [3.63, 3.8) is 0 Å². The van der Waals surface area contributed by atoms with Crippen LogP contribution in [0.1, 0.15) is 11.1 Å². The molecule has 0 heterocycles. The number of rotatable bonds is 2. The van der Waals surface area contributed by atoms with E-state index in [1.165, 1.54) is 0 Å². The quantitative estimate of drug-likeness (QED) is 0.733. The predicted octanol–water partition coefficient (Wildman–Crippen LogP) is 4.31. The highest BCUT2D eigenvalue weighted by Crippen LogP contribution is 2.51. The number of aliphatic hydroxyl groups is 1. The normalized spacial score (nSPS) is 18.1. The van der Waals surface area contributed by atoms with Crippen LogP contribution < -0.4 is 0 Å². The summed E-state index contributed by atoms with van der Waals surface area (Å²) >= 11 is 6.32. The minimum atomic E-state index is -2.10. The Morgan fingerprint density at radius 1 is 0.792 bits per heavy atom. The molecule has 1 aliphatic rings. The number of benzene rings is 3. The van der Waals surface area contributed by atoms with Crippen LogP contribution in [0.4, 0.5) is 0 Å². The highest BCUT2D eigenvalue weighted by atomic mass is 35.5. The molecule has 3 aromatic rings. The molecular weight excluding hydrogens is 324 g/mol. The van der Waals surface area contributed by atoms with Gasteiger partial charge in [0.2, 0.25) is 5.60 Å². The first kappa shape index (κ1) is 14.9. The van der Waals surface area contributed by atoms with E-state index in [4.69, 9.17) is 11.6 Å². The largest absolute Gasteiger partial charge is 0.479 e. The zero-order valence-electron chi connectivity index (χ0n) is 12.5. The smallest absolute Gasteiger partial charge is 0.345 e. The van der Waals surface area contributed by atoms with Crippen molar-refractivity contribution in [1.29, 1.82) is 0 Å². The van der Waals surface area contributed by atoms with E-state index in [-0.39, 0.29) is 0 Å². The van der Waals surface area contributed by atoms with Gasteiger partial charge in [-0.15, -0.1) is 0 Å². The van der Waals surface area contributed by atoms with E-state index in [9.17, 15) is 15.0 Å². The third kappa shape index (κ3) is 1.86. The van der Waals surface area contributed by atoms with Crippen molar-refractivity contribution in [2.24, 2.45) is 0 Å². The zero-order chi connectivity index (χ0) is 16.9. The van der Waals surface area contributed by atoms with Crippen LogP contribution in [0.3, 0.4) is 0 Å². The lowest BCUT2D eigenvalue weighted by atomic mass is 9.86. The Morgan fingerprint density at radius 3 is 2.00 bits per heavy atom. The van der Waals surface area contributed by atoms with E-state index in [1.807, 2.05) is 42.5 Å². The molecule has 0 fully saturated rings. The molecule has 0 aromatic heterocycles. The maximum Gasteiger partial charge on any atom is 0.345 e. The molecule has 0 radical (unpaired) electrons. The van der Waals surface area contributed by atoms with E-state index in [2.05, 4.69) is 0 Å². The van der Waals surface area contributed by atoms with Crippen molar-refractivity contribution in [2.45, 2.75) is 5.60 Å². The lowest BCUT2D eigenvalue weighted by Gasteiger charge is -2.23. The first-order valence-corrected chi connectivity index (χ1v) is 7.87. The molecule has 0 bridgehead atoms. The van der Waals surface area contributed by atoms with Crippen LogP contribution in [0.15, 0.2) is 66.7 Å². The van der Waals surface area contributed by atoms with Gasteiger partial charge >= 0.3 is 5.97 Å². The van der Waals surface area contributed by atoms with Gasteiger partial charge in [0.05, 0.1) is 0 Å². The summed E-state index contributed by atoms with van der Waals surface area (Å²) in [6.45, 7) is 0. The number of carbonyl (C=O) groups is 1. The van der Waals surface area contributed by atoms with Crippen LogP contribution in [0.25, 0.3) is 22.3 Å². The number of carboxylic acid groups (broad SMARTS) is 1. The van der Waals surface area contributed by atoms with Crippen LogP contribution in [0.5, 0.6) is 0 Å². The van der Waals surface area contributed by atoms with Crippen molar-refractivity contribution >= 4 is 17.6 Å². The van der Waals surface area contributed by atoms with Gasteiger partial charge in [-0.25, -0.2) is 4.79 Å². The molecule has 1 unspecified atom stereocenters. The molecule has 3 aromatic carbocycles. The maximum atomic E-state index is 12.0. The van der Waals surface area contributed by atoms with Gasteiger partial charge in [0, 0.05) is 21.7 Å². The van der Waals surface area contributed by atoms with Gasteiger partial charge in [-0.2, -0.15) is 0 Å². The summed E-state index contributed by atoms with van der Waals surface area (Å²) in [7, 11) is 0. The Balaban J connectivity index is 2.12. The topological polar surface area (TPSA) is 57.5 Å². The molecule has 0 saturated carbocycles. The number of fused-ring (bicyclic) bond motifs is 3. The van der Waals surface area contributed by atoms with Gasteiger partial charge < -0.3 is 10.2 Å². The molecule has 1 atom stereocenters. The van der Waals surface area contributed by atoms with Crippen molar-refractivity contribution in [3.8, 4) is 22.3 Å². The van der Waals surface area contributed by atoms with Crippen LogP contribution in [0, 0.1) is 0 Å². The molecule has 4 rings (SSSR count). The molecule has 0 saturated heterocycles. The number of halogens is 1. The lowest BCUT2D eigenvalue weighted by molar-refractivity contribution is -0.154. The van der Waals surface area contributed by atoms with Crippen LogP contribution in [-0.4, -0.2) is 16.2 Å². The van der Waals surface area contributed by atoms with Gasteiger partial charge in [0.15, 0.2) is 0 Å². The molecule has 0 aliphatic heterocycles. The SMILES string of the molecule is O=C(O)C1(O)c2ccccc2-c2cccc(-c3ccccc3Cl)c21. The standard InChI is InChI=1S/C20H13ClO3/c21-17-11-4-2-7-13(17)15-9-5-8-14-12-6-1-3-10-16(12)20(24,18(14)15)19(22)23/h1-11,24H,(H,22,23). The van der Waals surface area contributed by atoms with Gasteiger partial charge in [0.25, 0.3) is 0 Å². The summed E-state index contributed by atoms with van der Waals surface area (Å²) in [5.74, 6) is -1.30. The highest BCUT2D eigenvalue weighted by Gasteiger charge is 2.49. The molecule has 4 heteroatoms. The lowest BCUT2D eigenvalue weighted by Crippen LogP contribution is -2.35. The van der Waals surface area contributed by atoms with Crippen molar-refractivity contribution in [1.82, 2.24) is 0 Å². The maximum absolute atomic E-state index is 12.0. The number of hydrogen-bond acceptors (Lipinski definition) is 2. The minimum Gasteiger partial charge on any atom is -0.479 e. The van der Waals surface area contributed by atoms with Crippen LogP contribution in [-0.2, 0) is 10.4 Å². The Bertz CT molecular complexity index is 980. The number of hydrogen-bond donors (Lipinski definition) is 2. The Labute approximate surface area is 143 Å². The van der Waals surface area contributed by atoms with Gasteiger partial charge in [0.1, 0.15) is 0 Å². The first-order chi connectivity index (χ1) is 11.5. The summed E-state index contributed by atoms with van der Waals surface area (Å²) in [6.07, 6.45) is 0. The average Bonchev–Trinajstić information content (AvgIpc) is 2.87. The molecule has 118 valence electrons. The summed E-state index contributed by atoms with van der Waals surface area (Å²) in [6, 6.07) is 19.7. The fraction of sp³-hybridized carbons (Fsp3) is 0.0500. The Hall–Kier alpha value is -2.62. The zero-order valence-corrected chi connectivity index (χ0v) is 13.3. The second kappa shape index (κ2) is 5.20. The molecule has 3 nitrogen and oxygen atoms in total. The predicted molar refractivity (Wildman–Crippen MR) is 93.0 cm³/mol. The van der Waals surface area contributed by atoms with Crippen molar-refractivity contribution in [3.05, 3.63) is 82.9 Å². The van der Waals surface area contributed by atoms with Crippen LogP contribution >= 0.6 is 11.6 Å². The van der Waals surface area contributed by atoms with Crippen molar-refractivity contribution < 1.29 is 15.0 Å². The van der Waals surface area contributed by atoms with E-state index >= 15 is 0 Å². The van der Waals surface area contributed by atoms with E-state index in [0.29, 0.717) is 32.8 Å². The van der Waals surface area contributed by atoms with Crippen LogP contribution in [0.2, 0.25) is 5.02 Å². The summed E-state index contributed by atoms with van der Waals surface area (Å²) < 4.78 is 0. The third-order valence-electron chi connectivity index (χ3n) is 4.51. The fourth-order valence-corrected chi connectivity index (χ4v) is 3.70. The molecular formula is C20H13ClO3. The molecule has 0 spiro atoms. The molecule has 0 amide bonds. The number of aliphatic carboxylic acids is 1. The Kier molecular flexibility index (Phi) is 3.23. The van der Waals surface area contributed by atoms with Crippen molar-refractivity contribution in [2.75, 3.05) is 0 Å². The van der Waals surface area contributed by atoms with Gasteiger partial charge in [-0.3, -0.25) is 0 Å². The second-order valence-corrected chi connectivity index (χ2v) is 6.18. The first-order valence-electron chi connectivity index (χ1n) is 7.49. The molecule has 1 aliphatic carbocycles. The molecule has 2 N–H and O–H groups in total. The van der Waals surface area contributed by atoms with Gasteiger partial charge in [-0.1, -0.05) is 72.3 Å². The molecule has 24 heavy (non-hydrogen) atoms. The van der Waals surface area contributed by atoms with Gasteiger partial charge in [-0.05, 0) is 22.8 Å². The van der Waals surface area contributed by atoms with E-state index in [0.717, 1.165) is 5.56 Å². The minimum absolute atomic E-state index is 0.367. The number of carboxylic acids is 1. The van der Waals surface area contributed by atoms with E-state index in [1.54, 1.807) is 24.3 Å². The highest BCUT2D eigenvalue weighted by molar-refractivity contribution is 6.33. The third-order valence-corrected chi connectivity index (χ3v) is 4.84. The summed E-state index contributed by atoms with van der Waals surface area (Å²) in [4.78, 5) is 12.0. The summed E-state index contributed by atoms with van der Waals surface area (Å²) in [5, 5.41) is 21.5. The Morgan fingerprint density at radius 2 is 1.33 bits per heavy atom. The fourth-order valence-electron chi connectivity index (χ4n) is 3.46. The average molecular weight is 337 g/mol. The van der Waals surface area contributed by atoms with E-state index < -0.39 is 11.6 Å². The summed E-state index contributed by atoms with van der Waals surface area (Å²) in [5.41, 5.74) is 1.42. The monoisotopic (exact) mass is 336 g/mol. The second-order valence-electron chi connectivity index (χ2n) is 5.77.